The molecule has 1 aliphatic heterocycles. The third kappa shape index (κ3) is 3.27. The summed E-state index contributed by atoms with van der Waals surface area (Å²) in [6.07, 6.45) is 2.48. The van der Waals surface area contributed by atoms with Crippen LogP contribution in [0.25, 0.3) is 0 Å². The van der Waals surface area contributed by atoms with Gasteiger partial charge in [-0.05, 0) is 23.6 Å². The molecule has 1 unspecified atom stereocenters. The van der Waals surface area contributed by atoms with Gasteiger partial charge in [0.05, 0.1) is 6.04 Å². The third-order valence-corrected chi connectivity index (χ3v) is 4.26. The fourth-order valence-corrected chi connectivity index (χ4v) is 3.05. The summed E-state index contributed by atoms with van der Waals surface area (Å²) in [5.74, 6) is 0. The van der Waals surface area contributed by atoms with Crippen molar-refractivity contribution in [3.8, 4) is 0 Å². The molecule has 0 spiro atoms. The highest BCUT2D eigenvalue weighted by atomic mass is 15.2. The summed E-state index contributed by atoms with van der Waals surface area (Å²) in [6.45, 7) is 5.38. The van der Waals surface area contributed by atoms with Crippen LogP contribution in [0.15, 0.2) is 54.6 Å². The number of hydrogen-bond donors (Lipinski definition) is 1. The first kappa shape index (κ1) is 14.2. The molecule has 21 heavy (non-hydrogen) atoms. The predicted molar refractivity (Wildman–Crippen MR) is 89.6 cm³/mol. The van der Waals surface area contributed by atoms with Gasteiger partial charge in [-0.1, -0.05) is 61.9 Å². The Morgan fingerprint density at radius 3 is 2.62 bits per heavy atom. The van der Waals surface area contributed by atoms with Gasteiger partial charge in [0, 0.05) is 25.3 Å². The quantitative estimate of drug-likeness (QED) is 0.905. The van der Waals surface area contributed by atoms with E-state index >= 15 is 0 Å². The molecule has 0 aromatic heterocycles. The van der Waals surface area contributed by atoms with E-state index in [0.717, 1.165) is 19.6 Å². The molecule has 0 amide bonds. The van der Waals surface area contributed by atoms with Crippen molar-refractivity contribution in [2.75, 3.05) is 18.0 Å². The van der Waals surface area contributed by atoms with Gasteiger partial charge in [0.1, 0.15) is 0 Å². The Labute approximate surface area is 127 Å². The van der Waals surface area contributed by atoms with Crippen molar-refractivity contribution in [2.45, 2.75) is 32.4 Å². The fraction of sp³-hybridized carbons (Fsp3) is 0.368. The minimum Gasteiger partial charge on any atom is -0.369 e. The molecule has 2 aromatic rings. The molecule has 0 aliphatic carbocycles. The van der Waals surface area contributed by atoms with Crippen LogP contribution in [0.2, 0.25) is 0 Å². The normalized spacial score (nSPS) is 18.1. The summed E-state index contributed by atoms with van der Waals surface area (Å²) >= 11 is 0. The lowest BCUT2D eigenvalue weighted by molar-refractivity contribution is 0.535. The number of nitrogens with zero attached hydrogens (tertiary/aromatic N) is 1. The van der Waals surface area contributed by atoms with Gasteiger partial charge < -0.3 is 10.2 Å². The lowest BCUT2D eigenvalue weighted by Gasteiger charge is -2.28. The molecule has 2 nitrogen and oxygen atoms in total. The van der Waals surface area contributed by atoms with E-state index in [9.17, 15) is 0 Å². The number of para-hydroxylation sites is 1. The van der Waals surface area contributed by atoms with Crippen LogP contribution in [0.5, 0.6) is 0 Å². The van der Waals surface area contributed by atoms with E-state index in [1.807, 2.05) is 0 Å². The van der Waals surface area contributed by atoms with Gasteiger partial charge in [-0.15, -0.1) is 0 Å². The van der Waals surface area contributed by atoms with Crippen LogP contribution in [0.1, 0.15) is 36.9 Å². The first-order valence-electron chi connectivity index (χ1n) is 7.99. The van der Waals surface area contributed by atoms with Crippen molar-refractivity contribution < 1.29 is 0 Å². The molecule has 1 N–H and O–H groups in total. The molecule has 110 valence electrons. The molecule has 0 saturated carbocycles. The number of anilines is 1. The topological polar surface area (TPSA) is 15.3 Å². The van der Waals surface area contributed by atoms with E-state index in [-0.39, 0.29) is 0 Å². The number of rotatable bonds is 4. The smallest absolute Gasteiger partial charge is 0.0500 e. The van der Waals surface area contributed by atoms with Crippen LogP contribution in [-0.2, 0) is 6.54 Å². The largest absolute Gasteiger partial charge is 0.369 e. The zero-order valence-electron chi connectivity index (χ0n) is 12.8. The van der Waals surface area contributed by atoms with Crippen molar-refractivity contribution in [3.05, 3.63) is 65.7 Å². The maximum Gasteiger partial charge on any atom is 0.0500 e. The predicted octanol–water partition coefficient (Wildman–Crippen LogP) is 4.14. The molecule has 1 heterocycles. The average Bonchev–Trinajstić information content (AvgIpc) is 2.74. The fourth-order valence-electron chi connectivity index (χ4n) is 3.05. The molecule has 0 fully saturated rings. The lowest BCUT2D eigenvalue weighted by Crippen LogP contribution is -2.32. The molecule has 1 atom stereocenters. The van der Waals surface area contributed by atoms with Gasteiger partial charge in [-0.2, -0.15) is 0 Å². The maximum atomic E-state index is 3.72. The van der Waals surface area contributed by atoms with E-state index in [1.165, 1.54) is 29.7 Å². The van der Waals surface area contributed by atoms with E-state index in [2.05, 4.69) is 71.7 Å². The minimum atomic E-state index is 0.399. The average molecular weight is 280 g/mol. The second-order valence-electron chi connectivity index (χ2n) is 5.77. The monoisotopic (exact) mass is 280 g/mol. The van der Waals surface area contributed by atoms with E-state index in [0.29, 0.717) is 6.04 Å². The molecular formula is C19H24N2. The molecule has 0 radical (unpaired) electrons. The molecule has 0 saturated heterocycles. The van der Waals surface area contributed by atoms with Crippen LogP contribution in [0, 0.1) is 0 Å². The van der Waals surface area contributed by atoms with Crippen molar-refractivity contribution in [2.24, 2.45) is 0 Å². The van der Waals surface area contributed by atoms with E-state index < -0.39 is 0 Å². The maximum absolute atomic E-state index is 3.72. The molecule has 1 aliphatic rings. The van der Waals surface area contributed by atoms with Crippen molar-refractivity contribution in [1.82, 2.24) is 5.32 Å². The van der Waals surface area contributed by atoms with Crippen LogP contribution in [0.4, 0.5) is 5.69 Å². The summed E-state index contributed by atoms with van der Waals surface area (Å²) < 4.78 is 0. The van der Waals surface area contributed by atoms with Crippen LogP contribution >= 0.6 is 0 Å². The first-order valence-corrected chi connectivity index (χ1v) is 7.99. The highest BCUT2D eigenvalue weighted by Crippen LogP contribution is 2.28. The first-order chi connectivity index (χ1) is 10.4. The second kappa shape index (κ2) is 6.77. The Bertz CT molecular complexity index is 565. The van der Waals surface area contributed by atoms with Gasteiger partial charge in [0.25, 0.3) is 0 Å². The van der Waals surface area contributed by atoms with Crippen molar-refractivity contribution in [3.63, 3.8) is 0 Å². The second-order valence-corrected chi connectivity index (χ2v) is 5.77. The summed E-state index contributed by atoms with van der Waals surface area (Å²) in [7, 11) is 0. The summed E-state index contributed by atoms with van der Waals surface area (Å²) in [6, 6.07) is 20.0. The third-order valence-electron chi connectivity index (χ3n) is 4.26. The van der Waals surface area contributed by atoms with Gasteiger partial charge in [-0.25, -0.2) is 0 Å². The number of benzene rings is 2. The lowest BCUT2D eigenvalue weighted by atomic mass is 10.1. The van der Waals surface area contributed by atoms with Crippen molar-refractivity contribution >= 4 is 5.69 Å². The Morgan fingerprint density at radius 1 is 1.05 bits per heavy atom. The Kier molecular flexibility index (Phi) is 4.56. The standard InChI is InChI=1S/C19H24N2/c1-2-3-13-21-15-18(16-9-5-4-6-10-16)20-14-17-11-7-8-12-19(17)21/h4-12,18,20H,2-3,13-15H2,1H3. The molecule has 3 rings (SSSR count). The summed E-state index contributed by atoms with van der Waals surface area (Å²) in [5, 5.41) is 3.72. The summed E-state index contributed by atoms with van der Waals surface area (Å²) in [5.41, 5.74) is 4.19. The van der Waals surface area contributed by atoms with Crippen LogP contribution in [-0.4, -0.2) is 13.1 Å². The van der Waals surface area contributed by atoms with Gasteiger partial charge in [-0.3, -0.25) is 0 Å². The Hall–Kier alpha value is -1.80. The highest BCUT2D eigenvalue weighted by molar-refractivity contribution is 5.55. The number of unbranched alkanes of at least 4 members (excludes halogenated alkanes) is 1. The molecule has 0 bridgehead atoms. The highest BCUT2D eigenvalue weighted by Gasteiger charge is 2.21. The SMILES string of the molecule is CCCCN1CC(c2ccccc2)NCc2ccccc21. The van der Waals surface area contributed by atoms with E-state index in [1.54, 1.807) is 0 Å². The Balaban J connectivity index is 1.87. The zero-order chi connectivity index (χ0) is 14.5. The van der Waals surface area contributed by atoms with Gasteiger partial charge in [0.15, 0.2) is 0 Å². The number of hydrogen-bond acceptors (Lipinski definition) is 2. The van der Waals surface area contributed by atoms with Gasteiger partial charge >= 0.3 is 0 Å². The van der Waals surface area contributed by atoms with Gasteiger partial charge in [0.2, 0.25) is 0 Å². The molecule has 2 heteroatoms. The molecule has 2 aromatic carbocycles. The van der Waals surface area contributed by atoms with Crippen LogP contribution < -0.4 is 10.2 Å². The Morgan fingerprint density at radius 2 is 1.81 bits per heavy atom. The van der Waals surface area contributed by atoms with E-state index in [4.69, 9.17) is 0 Å². The van der Waals surface area contributed by atoms with Crippen LogP contribution in [0.3, 0.4) is 0 Å². The number of fused-ring (bicyclic) bond motifs is 1. The zero-order valence-corrected chi connectivity index (χ0v) is 12.8. The number of nitrogens with one attached hydrogen (secondary N) is 1. The summed E-state index contributed by atoms with van der Waals surface area (Å²) in [4.78, 5) is 2.55. The van der Waals surface area contributed by atoms with Crippen molar-refractivity contribution in [1.29, 1.82) is 0 Å². The molecular weight excluding hydrogens is 256 g/mol. The minimum absolute atomic E-state index is 0.399.